The average Bonchev–Trinajstić information content (AvgIpc) is 2.18. The molecule has 0 aliphatic heterocycles. The number of nitrogens with one attached hydrogen (secondary N) is 1. The van der Waals surface area contributed by atoms with E-state index in [1.807, 2.05) is 6.92 Å². The quantitative estimate of drug-likeness (QED) is 0.664. The Kier molecular flexibility index (Phi) is 6.60. The molecule has 0 aliphatic carbocycles. The van der Waals surface area contributed by atoms with Crippen LogP contribution in [-0.2, 0) is 4.79 Å². The Morgan fingerprint density at radius 1 is 1.44 bits per heavy atom. The highest BCUT2D eigenvalue weighted by atomic mass is 16.4. The van der Waals surface area contributed by atoms with E-state index in [1.165, 1.54) is 0 Å². The van der Waals surface area contributed by atoms with Crippen molar-refractivity contribution in [1.82, 2.24) is 10.2 Å². The molecule has 0 spiro atoms. The molecule has 0 aromatic carbocycles. The summed E-state index contributed by atoms with van der Waals surface area (Å²) >= 11 is 0. The topological polar surface area (TPSA) is 52.6 Å². The zero-order valence-corrected chi connectivity index (χ0v) is 11.2. The second-order valence-corrected chi connectivity index (χ2v) is 4.64. The van der Waals surface area contributed by atoms with E-state index < -0.39 is 11.5 Å². The second kappa shape index (κ2) is 6.86. The third kappa shape index (κ3) is 4.49. The van der Waals surface area contributed by atoms with Crippen LogP contribution >= 0.6 is 0 Å². The minimum Gasteiger partial charge on any atom is -0.480 e. The van der Waals surface area contributed by atoms with Gasteiger partial charge in [-0.1, -0.05) is 13.8 Å². The van der Waals surface area contributed by atoms with Gasteiger partial charge in [0, 0.05) is 12.6 Å². The molecular weight excluding hydrogens is 204 g/mol. The molecule has 4 nitrogen and oxygen atoms in total. The number of aliphatic carboxylic acids is 1. The van der Waals surface area contributed by atoms with Gasteiger partial charge in [0.25, 0.3) is 0 Å². The van der Waals surface area contributed by atoms with Crippen LogP contribution in [-0.4, -0.2) is 47.2 Å². The van der Waals surface area contributed by atoms with Crippen LogP contribution in [0.15, 0.2) is 0 Å². The van der Waals surface area contributed by atoms with E-state index in [4.69, 9.17) is 0 Å². The smallest absolute Gasteiger partial charge is 0.323 e. The Labute approximate surface area is 99.0 Å². The molecule has 0 amide bonds. The van der Waals surface area contributed by atoms with Gasteiger partial charge in [0.15, 0.2) is 0 Å². The zero-order chi connectivity index (χ0) is 12.8. The van der Waals surface area contributed by atoms with Crippen LogP contribution in [0, 0.1) is 0 Å². The summed E-state index contributed by atoms with van der Waals surface area (Å²) in [5.74, 6) is -0.769. The van der Waals surface area contributed by atoms with Crippen LogP contribution < -0.4 is 5.32 Å². The Balaban J connectivity index is 4.36. The summed E-state index contributed by atoms with van der Waals surface area (Å²) in [6.07, 6.45) is 0.627. The lowest BCUT2D eigenvalue weighted by Crippen LogP contribution is -2.51. The highest BCUT2D eigenvalue weighted by Gasteiger charge is 2.32. The Bertz CT molecular complexity index is 219. The monoisotopic (exact) mass is 230 g/mol. The van der Waals surface area contributed by atoms with E-state index in [0.29, 0.717) is 19.0 Å². The van der Waals surface area contributed by atoms with Gasteiger partial charge in [-0.05, 0) is 40.3 Å². The van der Waals surface area contributed by atoms with Gasteiger partial charge >= 0.3 is 5.97 Å². The molecule has 2 N–H and O–H groups in total. The van der Waals surface area contributed by atoms with Gasteiger partial charge in [0.1, 0.15) is 5.54 Å². The number of carboxylic acid groups (broad SMARTS) is 1. The molecule has 0 aliphatic rings. The number of hydrogen-bond donors (Lipinski definition) is 2. The summed E-state index contributed by atoms with van der Waals surface area (Å²) in [6.45, 7) is 12.5. The van der Waals surface area contributed by atoms with Gasteiger partial charge in [-0.3, -0.25) is 4.79 Å². The van der Waals surface area contributed by atoms with Gasteiger partial charge in [0.05, 0.1) is 0 Å². The number of hydrogen-bond acceptors (Lipinski definition) is 3. The summed E-state index contributed by atoms with van der Waals surface area (Å²) in [7, 11) is 0. The maximum Gasteiger partial charge on any atom is 0.323 e. The molecule has 0 rings (SSSR count). The summed E-state index contributed by atoms with van der Waals surface area (Å²) in [4.78, 5) is 13.5. The highest BCUT2D eigenvalue weighted by Crippen LogP contribution is 2.12. The third-order valence-corrected chi connectivity index (χ3v) is 3.07. The van der Waals surface area contributed by atoms with E-state index in [2.05, 4.69) is 31.0 Å². The van der Waals surface area contributed by atoms with E-state index >= 15 is 0 Å². The fraction of sp³-hybridized carbons (Fsp3) is 0.917. The Morgan fingerprint density at radius 3 is 2.31 bits per heavy atom. The van der Waals surface area contributed by atoms with Gasteiger partial charge in [-0.2, -0.15) is 0 Å². The van der Waals surface area contributed by atoms with Crippen LogP contribution in [0.4, 0.5) is 0 Å². The predicted molar refractivity (Wildman–Crippen MR) is 66.7 cm³/mol. The van der Waals surface area contributed by atoms with Crippen molar-refractivity contribution in [2.75, 3.05) is 19.6 Å². The van der Waals surface area contributed by atoms with Crippen LogP contribution in [0.3, 0.4) is 0 Å². The van der Waals surface area contributed by atoms with Crippen LogP contribution in [0.1, 0.15) is 41.0 Å². The maximum absolute atomic E-state index is 11.2. The van der Waals surface area contributed by atoms with Crippen molar-refractivity contribution < 1.29 is 9.90 Å². The molecule has 0 aromatic heterocycles. The molecular formula is C12H26N2O2. The molecule has 0 bridgehead atoms. The molecule has 0 aromatic rings. The summed E-state index contributed by atoms with van der Waals surface area (Å²) in [5.41, 5.74) is -0.808. The molecule has 16 heavy (non-hydrogen) atoms. The lowest BCUT2D eigenvalue weighted by Gasteiger charge is -2.31. The SMILES string of the molecule is CCNC(C)(CCN(CC)C(C)C)C(=O)O. The minimum atomic E-state index is -0.808. The highest BCUT2D eigenvalue weighted by molar-refractivity contribution is 5.78. The van der Waals surface area contributed by atoms with Crippen molar-refractivity contribution >= 4 is 5.97 Å². The van der Waals surface area contributed by atoms with Gasteiger partial charge in [-0.15, -0.1) is 0 Å². The molecule has 1 atom stereocenters. The van der Waals surface area contributed by atoms with Crippen LogP contribution in [0.5, 0.6) is 0 Å². The third-order valence-electron chi connectivity index (χ3n) is 3.07. The van der Waals surface area contributed by atoms with Crippen molar-refractivity contribution in [3.05, 3.63) is 0 Å². The molecule has 0 saturated heterocycles. The number of rotatable bonds is 8. The molecule has 1 unspecified atom stereocenters. The lowest BCUT2D eigenvalue weighted by atomic mass is 9.97. The summed E-state index contributed by atoms with van der Waals surface area (Å²) in [6, 6.07) is 0.463. The Hall–Kier alpha value is -0.610. The molecule has 0 heterocycles. The number of nitrogens with zero attached hydrogens (tertiary/aromatic N) is 1. The number of carboxylic acids is 1. The summed E-state index contributed by atoms with van der Waals surface area (Å²) < 4.78 is 0. The van der Waals surface area contributed by atoms with Crippen LogP contribution in [0.25, 0.3) is 0 Å². The standard InChI is InChI=1S/C12H26N2O2/c1-6-13-12(5,11(15)16)8-9-14(7-2)10(3)4/h10,13H,6-9H2,1-5H3,(H,15,16). The normalized spacial score (nSPS) is 15.4. The van der Waals surface area contributed by atoms with E-state index in [1.54, 1.807) is 6.92 Å². The largest absolute Gasteiger partial charge is 0.480 e. The molecule has 0 saturated carbocycles. The fourth-order valence-corrected chi connectivity index (χ4v) is 1.81. The molecule has 0 fully saturated rings. The van der Waals surface area contributed by atoms with Crippen molar-refractivity contribution in [1.29, 1.82) is 0 Å². The molecule has 96 valence electrons. The van der Waals surface area contributed by atoms with Gasteiger partial charge < -0.3 is 15.3 Å². The predicted octanol–water partition coefficient (Wildman–Crippen LogP) is 1.56. The fourth-order valence-electron chi connectivity index (χ4n) is 1.81. The van der Waals surface area contributed by atoms with E-state index in [0.717, 1.165) is 13.1 Å². The first-order valence-electron chi connectivity index (χ1n) is 6.09. The van der Waals surface area contributed by atoms with Gasteiger partial charge in [0.2, 0.25) is 0 Å². The first-order valence-corrected chi connectivity index (χ1v) is 6.09. The average molecular weight is 230 g/mol. The minimum absolute atomic E-state index is 0.463. The van der Waals surface area contributed by atoms with Crippen LogP contribution in [0.2, 0.25) is 0 Å². The number of likely N-dealkylation sites (N-methyl/N-ethyl adjacent to an activating group) is 1. The van der Waals surface area contributed by atoms with Crippen molar-refractivity contribution in [2.24, 2.45) is 0 Å². The van der Waals surface area contributed by atoms with Crippen molar-refractivity contribution in [3.63, 3.8) is 0 Å². The summed E-state index contributed by atoms with van der Waals surface area (Å²) in [5, 5.41) is 12.3. The molecule has 0 radical (unpaired) electrons. The first kappa shape index (κ1) is 15.4. The lowest BCUT2D eigenvalue weighted by molar-refractivity contribution is -0.144. The zero-order valence-electron chi connectivity index (χ0n) is 11.2. The van der Waals surface area contributed by atoms with Crippen molar-refractivity contribution in [2.45, 2.75) is 52.6 Å². The first-order chi connectivity index (χ1) is 7.37. The Morgan fingerprint density at radius 2 is 2.00 bits per heavy atom. The number of carbonyl (C=O) groups is 1. The van der Waals surface area contributed by atoms with Crippen molar-refractivity contribution in [3.8, 4) is 0 Å². The van der Waals surface area contributed by atoms with E-state index in [-0.39, 0.29) is 0 Å². The van der Waals surface area contributed by atoms with Gasteiger partial charge in [-0.25, -0.2) is 0 Å². The second-order valence-electron chi connectivity index (χ2n) is 4.64. The maximum atomic E-state index is 11.2. The molecule has 4 heteroatoms. The van der Waals surface area contributed by atoms with E-state index in [9.17, 15) is 9.90 Å².